The van der Waals surface area contributed by atoms with Gasteiger partial charge in [-0.2, -0.15) is 5.10 Å². The smallest absolute Gasteiger partial charge is 0.213 e. The predicted octanol–water partition coefficient (Wildman–Crippen LogP) is 3.34. The summed E-state index contributed by atoms with van der Waals surface area (Å²) >= 11 is 0. The first kappa shape index (κ1) is 19.8. The fourth-order valence-corrected chi connectivity index (χ4v) is 4.98. The van der Waals surface area contributed by atoms with Crippen LogP contribution in [0.2, 0.25) is 0 Å². The van der Waals surface area contributed by atoms with E-state index in [0.29, 0.717) is 13.1 Å². The highest BCUT2D eigenvalue weighted by atomic mass is 32.2. The second kappa shape index (κ2) is 8.12. The lowest BCUT2D eigenvalue weighted by molar-refractivity contribution is 0.330. The molecule has 154 valence electrons. The summed E-state index contributed by atoms with van der Waals surface area (Å²) in [5, 5.41) is 10.2. The van der Waals surface area contributed by atoms with Crippen LogP contribution in [0.15, 0.2) is 43.0 Å². The van der Waals surface area contributed by atoms with E-state index in [1.54, 1.807) is 17.4 Å². The van der Waals surface area contributed by atoms with E-state index in [9.17, 15) is 8.42 Å². The van der Waals surface area contributed by atoms with Crippen molar-refractivity contribution in [3.63, 3.8) is 0 Å². The molecule has 1 aromatic carbocycles. The Balaban J connectivity index is 1.60. The Morgan fingerprint density at radius 3 is 2.62 bits per heavy atom. The number of fused-ring (bicyclic) bond motifs is 1. The minimum atomic E-state index is -3.11. The molecule has 1 aliphatic rings. The fraction of sp³-hybridized carbons (Fsp3) is 0.429. The summed E-state index contributed by atoms with van der Waals surface area (Å²) in [5.41, 5.74) is 3.22. The molecular weight excluding hydrogens is 386 g/mol. The molecule has 1 saturated heterocycles. The molecule has 0 bridgehead atoms. The molecule has 3 aromatic rings. The van der Waals surface area contributed by atoms with Crippen LogP contribution < -0.4 is 5.32 Å². The van der Waals surface area contributed by atoms with Crippen LogP contribution in [0.5, 0.6) is 0 Å². The van der Waals surface area contributed by atoms with Gasteiger partial charge in [-0.15, -0.1) is 0 Å². The number of piperidine rings is 1. The molecule has 0 atom stereocenters. The van der Waals surface area contributed by atoms with Crippen LogP contribution in [0.25, 0.3) is 21.9 Å². The summed E-state index contributed by atoms with van der Waals surface area (Å²) in [6.07, 6.45) is 9.22. The SMILES string of the molecule is CCn1cc(-c2cc(NC3CCN(S(=O)(=O)CC)CC3)c3cnccc3c2)cn1. The van der Waals surface area contributed by atoms with Gasteiger partial charge in [-0.05, 0) is 55.8 Å². The molecule has 7 nitrogen and oxygen atoms in total. The third-order valence-electron chi connectivity index (χ3n) is 5.62. The standard InChI is InChI=1S/C21H27N5O2S/c1-3-25-15-18(13-23-25)17-11-16-5-8-22-14-20(16)21(12-17)24-19-6-9-26(10-7-19)29(27,28)4-2/h5,8,11-15,19,24H,3-4,6-7,9-10H2,1-2H3. The van der Waals surface area contributed by atoms with Gasteiger partial charge in [0.2, 0.25) is 10.0 Å². The van der Waals surface area contributed by atoms with Crippen molar-refractivity contribution in [2.24, 2.45) is 0 Å². The third kappa shape index (κ3) is 4.13. The predicted molar refractivity (Wildman–Crippen MR) is 116 cm³/mol. The van der Waals surface area contributed by atoms with E-state index in [1.165, 1.54) is 0 Å². The zero-order valence-electron chi connectivity index (χ0n) is 16.9. The third-order valence-corrected chi connectivity index (χ3v) is 7.50. The minimum absolute atomic E-state index is 0.162. The number of hydrogen-bond acceptors (Lipinski definition) is 5. The van der Waals surface area contributed by atoms with E-state index < -0.39 is 10.0 Å². The quantitative estimate of drug-likeness (QED) is 0.670. The molecule has 0 radical (unpaired) electrons. The summed E-state index contributed by atoms with van der Waals surface area (Å²) in [6, 6.07) is 6.56. The number of pyridine rings is 1. The van der Waals surface area contributed by atoms with Gasteiger partial charge >= 0.3 is 0 Å². The van der Waals surface area contributed by atoms with Crippen molar-refractivity contribution in [1.82, 2.24) is 19.1 Å². The monoisotopic (exact) mass is 413 g/mol. The Bertz CT molecular complexity index is 1100. The van der Waals surface area contributed by atoms with Crippen molar-refractivity contribution in [2.75, 3.05) is 24.2 Å². The Morgan fingerprint density at radius 1 is 1.14 bits per heavy atom. The first-order valence-corrected chi connectivity index (χ1v) is 11.8. The lowest BCUT2D eigenvalue weighted by Gasteiger charge is -2.32. The lowest BCUT2D eigenvalue weighted by atomic mass is 10.0. The fourth-order valence-electron chi connectivity index (χ4n) is 3.85. The number of sulfonamides is 1. The molecule has 1 fully saturated rings. The van der Waals surface area contributed by atoms with Gasteiger partial charge in [-0.25, -0.2) is 12.7 Å². The van der Waals surface area contributed by atoms with Crippen molar-refractivity contribution in [3.8, 4) is 11.1 Å². The van der Waals surface area contributed by atoms with Crippen LogP contribution in [0, 0.1) is 0 Å². The molecular formula is C21H27N5O2S. The summed E-state index contributed by atoms with van der Waals surface area (Å²) < 4.78 is 27.8. The summed E-state index contributed by atoms with van der Waals surface area (Å²) in [4.78, 5) is 4.30. The highest BCUT2D eigenvalue weighted by Crippen LogP contribution is 2.32. The second-order valence-corrected chi connectivity index (χ2v) is 9.68. The Labute approximate surface area is 171 Å². The van der Waals surface area contributed by atoms with E-state index in [0.717, 1.165) is 47.0 Å². The Morgan fingerprint density at radius 2 is 1.93 bits per heavy atom. The molecule has 2 aromatic heterocycles. The van der Waals surface area contributed by atoms with E-state index in [4.69, 9.17) is 0 Å². The molecule has 29 heavy (non-hydrogen) atoms. The normalized spacial score (nSPS) is 16.3. The van der Waals surface area contributed by atoms with Crippen LogP contribution in [0.3, 0.4) is 0 Å². The molecule has 0 unspecified atom stereocenters. The molecule has 0 spiro atoms. The van der Waals surface area contributed by atoms with Gasteiger partial charge in [0, 0.05) is 60.9 Å². The van der Waals surface area contributed by atoms with Crippen LogP contribution in [-0.2, 0) is 16.6 Å². The van der Waals surface area contributed by atoms with Gasteiger partial charge in [-0.1, -0.05) is 0 Å². The Hall–Kier alpha value is -2.45. The number of aromatic nitrogens is 3. The van der Waals surface area contributed by atoms with E-state index in [1.807, 2.05) is 23.1 Å². The molecule has 0 aliphatic carbocycles. The first-order valence-electron chi connectivity index (χ1n) is 10.1. The summed E-state index contributed by atoms with van der Waals surface area (Å²) in [7, 11) is -3.11. The maximum Gasteiger partial charge on any atom is 0.213 e. The number of rotatable bonds is 6. The number of hydrogen-bond donors (Lipinski definition) is 1. The van der Waals surface area contributed by atoms with Gasteiger partial charge in [0.25, 0.3) is 0 Å². The van der Waals surface area contributed by atoms with Crippen LogP contribution in [0.1, 0.15) is 26.7 Å². The molecule has 0 saturated carbocycles. The van der Waals surface area contributed by atoms with Crippen molar-refractivity contribution < 1.29 is 8.42 Å². The van der Waals surface area contributed by atoms with Crippen LogP contribution in [0.4, 0.5) is 5.69 Å². The molecule has 1 N–H and O–H groups in total. The van der Waals surface area contributed by atoms with Gasteiger partial charge in [0.1, 0.15) is 0 Å². The zero-order chi connectivity index (χ0) is 20.4. The average molecular weight is 414 g/mol. The van der Waals surface area contributed by atoms with Gasteiger partial charge < -0.3 is 5.32 Å². The van der Waals surface area contributed by atoms with Crippen molar-refractivity contribution >= 4 is 26.5 Å². The van der Waals surface area contributed by atoms with E-state index >= 15 is 0 Å². The maximum atomic E-state index is 12.1. The highest BCUT2D eigenvalue weighted by Gasteiger charge is 2.26. The van der Waals surface area contributed by atoms with Gasteiger partial charge in [-0.3, -0.25) is 9.67 Å². The van der Waals surface area contributed by atoms with Crippen LogP contribution in [-0.4, -0.2) is 52.4 Å². The first-order chi connectivity index (χ1) is 14.0. The molecule has 3 heterocycles. The number of nitrogens with zero attached hydrogens (tertiary/aromatic N) is 4. The highest BCUT2D eigenvalue weighted by molar-refractivity contribution is 7.89. The van der Waals surface area contributed by atoms with E-state index in [-0.39, 0.29) is 11.8 Å². The zero-order valence-corrected chi connectivity index (χ0v) is 17.7. The van der Waals surface area contributed by atoms with Gasteiger partial charge in [0.05, 0.1) is 11.9 Å². The molecule has 0 amide bonds. The Kier molecular flexibility index (Phi) is 5.56. The van der Waals surface area contributed by atoms with Crippen LogP contribution >= 0.6 is 0 Å². The van der Waals surface area contributed by atoms with Crippen molar-refractivity contribution in [3.05, 3.63) is 43.0 Å². The number of anilines is 1. The molecule has 1 aliphatic heterocycles. The minimum Gasteiger partial charge on any atom is -0.382 e. The average Bonchev–Trinajstić information content (AvgIpc) is 3.23. The topological polar surface area (TPSA) is 80.1 Å². The van der Waals surface area contributed by atoms with Crippen molar-refractivity contribution in [1.29, 1.82) is 0 Å². The molecule has 4 rings (SSSR count). The lowest BCUT2D eigenvalue weighted by Crippen LogP contribution is -2.42. The largest absolute Gasteiger partial charge is 0.382 e. The second-order valence-electron chi connectivity index (χ2n) is 7.42. The number of aryl methyl sites for hydroxylation is 1. The van der Waals surface area contributed by atoms with Gasteiger partial charge in [0.15, 0.2) is 0 Å². The van der Waals surface area contributed by atoms with Crippen molar-refractivity contribution in [2.45, 2.75) is 39.3 Å². The molecule has 8 heteroatoms. The summed E-state index contributed by atoms with van der Waals surface area (Å²) in [6.45, 7) is 5.73. The maximum absolute atomic E-state index is 12.1. The van der Waals surface area contributed by atoms with E-state index in [2.05, 4.69) is 40.7 Å². The number of nitrogens with one attached hydrogen (secondary N) is 1. The summed E-state index contributed by atoms with van der Waals surface area (Å²) in [5.74, 6) is 0.162. The number of benzene rings is 1.